The topological polar surface area (TPSA) is 109 Å². The molecule has 1 amide bonds. The van der Waals surface area contributed by atoms with Crippen molar-refractivity contribution in [3.05, 3.63) is 11.7 Å². The number of amides is 1. The fourth-order valence-corrected chi connectivity index (χ4v) is 2.99. The Morgan fingerprint density at radius 2 is 2.29 bits per heavy atom. The van der Waals surface area contributed by atoms with E-state index in [-0.39, 0.29) is 11.9 Å². The standard InChI is InChI=1S/C13H18N4O4/c1-13(12(19)20)5-3-7-17(13)11(18)9-15-10(21-16-9)8-4-2-6-14-8/h8,14H,2-7H2,1H3,(H,19,20). The molecule has 2 saturated heterocycles. The summed E-state index contributed by atoms with van der Waals surface area (Å²) >= 11 is 0. The van der Waals surface area contributed by atoms with Gasteiger partial charge in [-0.3, -0.25) is 4.79 Å². The zero-order valence-corrected chi connectivity index (χ0v) is 11.8. The van der Waals surface area contributed by atoms with E-state index >= 15 is 0 Å². The van der Waals surface area contributed by atoms with Gasteiger partial charge in [0.2, 0.25) is 5.89 Å². The highest BCUT2D eigenvalue weighted by Crippen LogP contribution is 2.30. The van der Waals surface area contributed by atoms with Crippen molar-refractivity contribution < 1.29 is 19.2 Å². The predicted molar refractivity (Wildman–Crippen MR) is 70.6 cm³/mol. The summed E-state index contributed by atoms with van der Waals surface area (Å²) in [5.74, 6) is -1.15. The fourth-order valence-electron chi connectivity index (χ4n) is 2.99. The van der Waals surface area contributed by atoms with Crippen LogP contribution in [0.4, 0.5) is 0 Å². The number of likely N-dealkylation sites (tertiary alicyclic amines) is 1. The summed E-state index contributed by atoms with van der Waals surface area (Å²) in [4.78, 5) is 29.3. The molecule has 0 radical (unpaired) electrons. The number of nitrogens with one attached hydrogen (secondary N) is 1. The van der Waals surface area contributed by atoms with Crippen LogP contribution in [0.5, 0.6) is 0 Å². The number of aromatic nitrogens is 2. The van der Waals surface area contributed by atoms with Crippen molar-refractivity contribution >= 4 is 11.9 Å². The van der Waals surface area contributed by atoms with Gasteiger partial charge in [0, 0.05) is 6.54 Å². The summed E-state index contributed by atoms with van der Waals surface area (Å²) in [6.07, 6.45) is 3.01. The highest BCUT2D eigenvalue weighted by atomic mass is 16.5. The molecule has 1 aromatic rings. The first kappa shape index (κ1) is 14.0. The van der Waals surface area contributed by atoms with Crippen LogP contribution in [0.2, 0.25) is 0 Å². The van der Waals surface area contributed by atoms with Crippen LogP contribution in [0.3, 0.4) is 0 Å². The first-order valence-corrected chi connectivity index (χ1v) is 7.15. The van der Waals surface area contributed by atoms with Gasteiger partial charge in [-0.15, -0.1) is 0 Å². The molecule has 0 spiro atoms. The summed E-state index contributed by atoms with van der Waals surface area (Å²) in [7, 11) is 0. The number of carbonyl (C=O) groups is 2. The summed E-state index contributed by atoms with van der Waals surface area (Å²) in [5.41, 5.74) is -1.19. The molecule has 2 aliphatic rings. The van der Waals surface area contributed by atoms with Gasteiger partial charge in [-0.1, -0.05) is 5.16 Å². The number of hydrogen-bond donors (Lipinski definition) is 2. The molecule has 3 rings (SSSR count). The quantitative estimate of drug-likeness (QED) is 0.839. The maximum absolute atomic E-state index is 12.5. The molecule has 1 aromatic heterocycles. The SMILES string of the molecule is CC1(C(=O)O)CCCN1C(=O)c1noc(C2CCCN2)n1. The zero-order chi connectivity index (χ0) is 15.0. The molecule has 8 nitrogen and oxygen atoms in total. The first-order chi connectivity index (χ1) is 10.0. The Labute approximate surface area is 121 Å². The molecule has 21 heavy (non-hydrogen) atoms. The Hall–Kier alpha value is -1.96. The number of nitrogens with zero attached hydrogens (tertiary/aromatic N) is 3. The van der Waals surface area contributed by atoms with Crippen molar-refractivity contribution in [1.29, 1.82) is 0 Å². The van der Waals surface area contributed by atoms with Crippen LogP contribution in [0.1, 0.15) is 55.2 Å². The van der Waals surface area contributed by atoms with Crippen LogP contribution in [0.15, 0.2) is 4.52 Å². The smallest absolute Gasteiger partial charge is 0.329 e. The molecule has 2 unspecified atom stereocenters. The molecule has 2 aliphatic heterocycles. The third kappa shape index (κ3) is 2.29. The number of carboxylic acid groups (broad SMARTS) is 1. The van der Waals surface area contributed by atoms with E-state index in [0.29, 0.717) is 25.3 Å². The molecule has 8 heteroatoms. The summed E-state index contributed by atoms with van der Waals surface area (Å²) in [6, 6.07) is -0.0107. The molecular formula is C13H18N4O4. The van der Waals surface area contributed by atoms with Crippen LogP contribution in [0.25, 0.3) is 0 Å². The highest BCUT2D eigenvalue weighted by molar-refractivity contribution is 5.95. The van der Waals surface area contributed by atoms with Gasteiger partial charge in [0.1, 0.15) is 5.54 Å². The minimum Gasteiger partial charge on any atom is -0.480 e. The predicted octanol–water partition coefficient (Wildman–Crippen LogP) is 0.573. The van der Waals surface area contributed by atoms with Gasteiger partial charge in [0.25, 0.3) is 11.7 Å². The van der Waals surface area contributed by atoms with E-state index in [2.05, 4.69) is 15.5 Å². The van der Waals surface area contributed by atoms with Gasteiger partial charge in [-0.05, 0) is 39.2 Å². The minimum absolute atomic E-state index is 0.0107. The molecule has 0 saturated carbocycles. The van der Waals surface area contributed by atoms with Crippen molar-refractivity contribution in [2.45, 2.75) is 44.2 Å². The summed E-state index contributed by atoms with van der Waals surface area (Å²) in [5, 5.41) is 16.3. The van der Waals surface area contributed by atoms with E-state index in [1.165, 1.54) is 4.90 Å². The van der Waals surface area contributed by atoms with Crippen molar-refractivity contribution in [3.8, 4) is 0 Å². The van der Waals surface area contributed by atoms with Crippen molar-refractivity contribution in [1.82, 2.24) is 20.4 Å². The minimum atomic E-state index is -1.19. The average molecular weight is 294 g/mol. The molecule has 0 bridgehead atoms. The lowest BCUT2D eigenvalue weighted by Crippen LogP contribution is -2.51. The largest absolute Gasteiger partial charge is 0.480 e. The summed E-state index contributed by atoms with van der Waals surface area (Å²) < 4.78 is 5.14. The normalized spacial score (nSPS) is 29.0. The second kappa shape index (κ2) is 5.10. The maximum Gasteiger partial charge on any atom is 0.329 e. The van der Waals surface area contributed by atoms with Gasteiger partial charge in [0.15, 0.2) is 0 Å². The fraction of sp³-hybridized carbons (Fsp3) is 0.692. The third-order valence-electron chi connectivity index (χ3n) is 4.34. The molecular weight excluding hydrogens is 276 g/mol. The highest BCUT2D eigenvalue weighted by Gasteiger charge is 2.47. The van der Waals surface area contributed by atoms with Crippen LogP contribution in [-0.4, -0.2) is 50.7 Å². The lowest BCUT2D eigenvalue weighted by molar-refractivity contribution is -0.147. The van der Waals surface area contributed by atoms with E-state index in [9.17, 15) is 14.7 Å². The molecule has 2 fully saturated rings. The average Bonchev–Trinajstić information content (AvgIpc) is 3.18. The van der Waals surface area contributed by atoms with Crippen LogP contribution in [-0.2, 0) is 4.79 Å². The Balaban J connectivity index is 1.80. The first-order valence-electron chi connectivity index (χ1n) is 7.15. The molecule has 0 aromatic carbocycles. The Kier molecular flexibility index (Phi) is 3.40. The molecule has 0 aliphatic carbocycles. The Morgan fingerprint density at radius 1 is 1.48 bits per heavy atom. The number of aliphatic carboxylic acids is 1. The summed E-state index contributed by atoms with van der Waals surface area (Å²) in [6.45, 7) is 2.84. The molecule has 2 atom stereocenters. The van der Waals surface area contributed by atoms with E-state index in [0.717, 1.165) is 19.4 Å². The van der Waals surface area contributed by atoms with Gasteiger partial charge >= 0.3 is 5.97 Å². The van der Waals surface area contributed by atoms with Gasteiger partial charge < -0.3 is 19.8 Å². The Bertz CT molecular complexity index is 566. The molecule has 114 valence electrons. The zero-order valence-electron chi connectivity index (χ0n) is 11.8. The maximum atomic E-state index is 12.5. The monoisotopic (exact) mass is 294 g/mol. The lowest BCUT2D eigenvalue weighted by Gasteiger charge is -2.29. The van der Waals surface area contributed by atoms with E-state index in [4.69, 9.17) is 4.52 Å². The van der Waals surface area contributed by atoms with E-state index < -0.39 is 17.4 Å². The number of hydrogen-bond acceptors (Lipinski definition) is 6. The van der Waals surface area contributed by atoms with Crippen LogP contribution < -0.4 is 5.32 Å². The van der Waals surface area contributed by atoms with Crippen LogP contribution >= 0.6 is 0 Å². The molecule has 2 N–H and O–H groups in total. The number of rotatable bonds is 3. The molecule has 3 heterocycles. The number of carboxylic acids is 1. The van der Waals surface area contributed by atoms with Gasteiger partial charge in [-0.25, -0.2) is 4.79 Å². The second-order valence-electron chi connectivity index (χ2n) is 5.74. The van der Waals surface area contributed by atoms with Crippen molar-refractivity contribution in [2.75, 3.05) is 13.1 Å². The third-order valence-corrected chi connectivity index (χ3v) is 4.34. The van der Waals surface area contributed by atoms with E-state index in [1.54, 1.807) is 6.92 Å². The van der Waals surface area contributed by atoms with Gasteiger partial charge in [-0.2, -0.15) is 4.98 Å². The van der Waals surface area contributed by atoms with Crippen LogP contribution in [0, 0.1) is 0 Å². The second-order valence-corrected chi connectivity index (χ2v) is 5.74. The van der Waals surface area contributed by atoms with Gasteiger partial charge in [0.05, 0.1) is 6.04 Å². The lowest BCUT2D eigenvalue weighted by atomic mass is 9.99. The number of carbonyl (C=O) groups excluding carboxylic acids is 1. The van der Waals surface area contributed by atoms with Crippen molar-refractivity contribution in [2.24, 2.45) is 0 Å². The van der Waals surface area contributed by atoms with Crippen molar-refractivity contribution in [3.63, 3.8) is 0 Å². The van der Waals surface area contributed by atoms with E-state index in [1.807, 2.05) is 0 Å². The Morgan fingerprint density at radius 3 is 2.95 bits per heavy atom.